The van der Waals surface area contributed by atoms with Gasteiger partial charge in [0.2, 0.25) is 5.91 Å². The van der Waals surface area contributed by atoms with Crippen molar-refractivity contribution in [1.82, 2.24) is 5.32 Å². The first-order chi connectivity index (χ1) is 6.63. The molecule has 0 atom stereocenters. The van der Waals surface area contributed by atoms with Crippen LogP contribution in [0.3, 0.4) is 0 Å². The van der Waals surface area contributed by atoms with Gasteiger partial charge < -0.3 is 5.32 Å². The van der Waals surface area contributed by atoms with Gasteiger partial charge in [-0.1, -0.05) is 17.7 Å². The predicted octanol–water partition coefficient (Wildman–Crippen LogP) is 2.03. The molecular formula is C9H9ClFNOS. The average molecular weight is 234 g/mol. The van der Waals surface area contributed by atoms with E-state index in [9.17, 15) is 9.18 Å². The maximum atomic E-state index is 13.1. The highest BCUT2D eigenvalue weighted by Crippen LogP contribution is 2.14. The van der Waals surface area contributed by atoms with Gasteiger partial charge in [-0.25, -0.2) is 4.39 Å². The van der Waals surface area contributed by atoms with E-state index in [4.69, 9.17) is 11.6 Å². The van der Waals surface area contributed by atoms with E-state index in [1.165, 1.54) is 12.1 Å². The summed E-state index contributed by atoms with van der Waals surface area (Å²) >= 11 is 9.34. The smallest absolute Gasteiger partial charge is 0.229 e. The topological polar surface area (TPSA) is 29.1 Å². The molecule has 0 aliphatic heterocycles. The molecule has 0 fully saturated rings. The number of rotatable bonds is 3. The molecule has 0 spiro atoms. The van der Waals surface area contributed by atoms with Crippen LogP contribution in [-0.4, -0.2) is 11.7 Å². The summed E-state index contributed by atoms with van der Waals surface area (Å²) in [6, 6.07) is 4.33. The Morgan fingerprint density at radius 3 is 2.86 bits per heavy atom. The number of amides is 1. The lowest BCUT2D eigenvalue weighted by Gasteiger charge is -2.04. The van der Waals surface area contributed by atoms with Gasteiger partial charge >= 0.3 is 0 Å². The minimum atomic E-state index is -0.419. The van der Waals surface area contributed by atoms with Crippen LogP contribution in [0.4, 0.5) is 4.39 Å². The van der Waals surface area contributed by atoms with Crippen molar-refractivity contribution in [3.8, 4) is 0 Å². The van der Waals surface area contributed by atoms with Crippen LogP contribution >= 0.6 is 24.2 Å². The maximum absolute atomic E-state index is 13.1. The van der Waals surface area contributed by atoms with Crippen LogP contribution in [0.5, 0.6) is 0 Å². The molecule has 0 aliphatic carbocycles. The second-order valence-electron chi connectivity index (χ2n) is 2.67. The average Bonchev–Trinajstić information content (AvgIpc) is 2.16. The van der Waals surface area contributed by atoms with Gasteiger partial charge in [0.15, 0.2) is 0 Å². The summed E-state index contributed by atoms with van der Waals surface area (Å²) in [6.07, 6.45) is 0. The van der Waals surface area contributed by atoms with Crippen LogP contribution in [0.15, 0.2) is 18.2 Å². The van der Waals surface area contributed by atoms with Crippen LogP contribution in [0.25, 0.3) is 0 Å². The molecule has 0 saturated heterocycles. The summed E-state index contributed by atoms with van der Waals surface area (Å²) in [4.78, 5) is 10.8. The zero-order valence-electron chi connectivity index (χ0n) is 7.26. The molecule has 0 radical (unpaired) electrons. The van der Waals surface area contributed by atoms with Crippen LogP contribution in [0.1, 0.15) is 5.56 Å². The number of nitrogens with one attached hydrogen (secondary N) is 1. The quantitative estimate of drug-likeness (QED) is 0.769. The van der Waals surface area contributed by atoms with Crippen molar-refractivity contribution in [3.63, 3.8) is 0 Å². The number of hydrogen-bond donors (Lipinski definition) is 2. The van der Waals surface area contributed by atoms with Crippen molar-refractivity contribution in [3.05, 3.63) is 34.6 Å². The molecule has 76 valence electrons. The molecule has 1 aromatic rings. The molecule has 1 aromatic carbocycles. The van der Waals surface area contributed by atoms with E-state index < -0.39 is 5.82 Å². The Morgan fingerprint density at radius 1 is 1.57 bits per heavy atom. The number of benzene rings is 1. The molecule has 0 bridgehead atoms. The zero-order chi connectivity index (χ0) is 10.6. The normalized spacial score (nSPS) is 9.93. The summed E-state index contributed by atoms with van der Waals surface area (Å²) in [5.41, 5.74) is 0.407. The summed E-state index contributed by atoms with van der Waals surface area (Å²) in [5, 5.41) is 2.85. The summed E-state index contributed by atoms with van der Waals surface area (Å²) in [5.74, 6) is -0.561. The summed E-state index contributed by atoms with van der Waals surface area (Å²) in [7, 11) is 0. The molecule has 5 heteroatoms. The Morgan fingerprint density at radius 2 is 2.29 bits per heavy atom. The third-order valence-corrected chi connectivity index (χ3v) is 2.16. The van der Waals surface area contributed by atoms with E-state index in [0.29, 0.717) is 10.6 Å². The fourth-order valence-electron chi connectivity index (χ4n) is 0.915. The number of carbonyl (C=O) groups is 1. The highest BCUT2D eigenvalue weighted by Gasteiger charge is 2.04. The van der Waals surface area contributed by atoms with E-state index in [-0.39, 0.29) is 18.2 Å². The Balaban J connectivity index is 2.63. The number of halogens is 2. The molecule has 1 N–H and O–H groups in total. The lowest BCUT2D eigenvalue weighted by Crippen LogP contribution is -2.24. The minimum absolute atomic E-state index is 0.0925. The van der Waals surface area contributed by atoms with E-state index in [1.54, 1.807) is 6.07 Å². The fourth-order valence-corrected chi connectivity index (χ4v) is 1.19. The van der Waals surface area contributed by atoms with Gasteiger partial charge in [0.25, 0.3) is 0 Å². The SMILES string of the molecule is O=C(CS)NCc1ccc(Cl)cc1F. The van der Waals surface area contributed by atoms with Crippen LogP contribution in [0.2, 0.25) is 5.02 Å². The van der Waals surface area contributed by atoms with Crippen molar-refractivity contribution in [2.24, 2.45) is 0 Å². The largest absolute Gasteiger partial charge is 0.351 e. The number of thiol groups is 1. The van der Waals surface area contributed by atoms with Crippen LogP contribution in [0, 0.1) is 5.82 Å². The Labute approximate surface area is 91.9 Å². The van der Waals surface area contributed by atoms with Crippen LogP contribution < -0.4 is 5.32 Å². The number of hydrogen-bond acceptors (Lipinski definition) is 2. The fraction of sp³-hybridized carbons (Fsp3) is 0.222. The van der Waals surface area contributed by atoms with Gasteiger partial charge in [0.1, 0.15) is 5.82 Å². The van der Waals surface area contributed by atoms with E-state index in [1.807, 2.05) is 0 Å². The maximum Gasteiger partial charge on any atom is 0.229 e. The highest BCUT2D eigenvalue weighted by molar-refractivity contribution is 7.81. The van der Waals surface area contributed by atoms with Crippen molar-refractivity contribution in [2.75, 3.05) is 5.75 Å². The van der Waals surface area contributed by atoms with Gasteiger partial charge in [-0.15, -0.1) is 0 Å². The van der Waals surface area contributed by atoms with Crippen molar-refractivity contribution < 1.29 is 9.18 Å². The molecule has 0 saturated carbocycles. The zero-order valence-corrected chi connectivity index (χ0v) is 8.91. The van der Waals surface area contributed by atoms with E-state index in [2.05, 4.69) is 17.9 Å². The molecule has 0 unspecified atom stereocenters. The Hall–Kier alpha value is -0.740. The number of carbonyl (C=O) groups excluding carboxylic acids is 1. The van der Waals surface area contributed by atoms with E-state index >= 15 is 0 Å². The minimum Gasteiger partial charge on any atom is -0.351 e. The molecule has 2 nitrogen and oxygen atoms in total. The van der Waals surface area contributed by atoms with Gasteiger partial charge in [0, 0.05) is 17.1 Å². The Kier molecular flexibility index (Phi) is 4.22. The highest BCUT2D eigenvalue weighted by atomic mass is 35.5. The molecule has 0 heterocycles. The van der Waals surface area contributed by atoms with Gasteiger partial charge in [-0.3, -0.25) is 4.79 Å². The molecule has 14 heavy (non-hydrogen) atoms. The summed E-state index contributed by atoms with van der Waals surface area (Å²) in [6.45, 7) is 0.155. The Bertz CT molecular complexity index is 346. The second-order valence-corrected chi connectivity index (χ2v) is 3.42. The lowest BCUT2D eigenvalue weighted by molar-refractivity contribution is -0.118. The standard InChI is InChI=1S/C9H9ClFNOS/c10-7-2-1-6(8(11)3-7)4-12-9(13)5-14/h1-3,14H,4-5H2,(H,12,13). The second kappa shape index (κ2) is 5.22. The third kappa shape index (κ3) is 3.20. The first-order valence-corrected chi connectivity index (χ1v) is 4.96. The first-order valence-electron chi connectivity index (χ1n) is 3.95. The monoisotopic (exact) mass is 233 g/mol. The molecule has 0 aromatic heterocycles. The molecular weight excluding hydrogens is 225 g/mol. The van der Waals surface area contributed by atoms with Crippen molar-refractivity contribution in [2.45, 2.75) is 6.54 Å². The van der Waals surface area contributed by atoms with Crippen molar-refractivity contribution >= 4 is 30.1 Å². The first kappa shape index (κ1) is 11.3. The van der Waals surface area contributed by atoms with Crippen LogP contribution in [-0.2, 0) is 11.3 Å². The van der Waals surface area contributed by atoms with E-state index in [0.717, 1.165) is 0 Å². The molecule has 1 rings (SSSR count). The molecule has 1 amide bonds. The third-order valence-electron chi connectivity index (χ3n) is 1.63. The summed E-state index contributed by atoms with van der Waals surface area (Å²) < 4.78 is 13.1. The molecule has 0 aliphatic rings. The lowest BCUT2D eigenvalue weighted by atomic mass is 10.2. The van der Waals surface area contributed by atoms with Gasteiger partial charge in [-0.05, 0) is 12.1 Å². The van der Waals surface area contributed by atoms with Gasteiger partial charge in [-0.2, -0.15) is 12.6 Å². The predicted molar refractivity (Wildman–Crippen MR) is 57.1 cm³/mol. The van der Waals surface area contributed by atoms with Gasteiger partial charge in [0.05, 0.1) is 5.75 Å². The van der Waals surface area contributed by atoms with Crippen molar-refractivity contribution in [1.29, 1.82) is 0 Å².